The molecule has 1 aliphatic carbocycles. The first kappa shape index (κ1) is 34.3. The van der Waals surface area contributed by atoms with E-state index >= 15 is 0 Å². The number of aryl methyl sites for hydroxylation is 1. The molecule has 0 heterocycles. The number of fused-ring (bicyclic) bond motifs is 1. The Morgan fingerprint density at radius 1 is 0.857 bits per heavy atom. The van der Waals surface area contributed by atoms with E-state index in [1.165, 1.54) is 12.1 Å². The number of benzene rings is 2. The van der Waals surface area contributed by atoms with Gasteiger partial charge in [-0.05, 0) is 104 Å². The SMILES string of the molecule is CN(CCCCCCC1=C(c2cc(F)cc(F)c2)CCCc2cc(O)ccc21)CCC[S+]([O-])CCC(F)(F)C(F)(F)F. The summed E-state index contributed by atoms with van der Waals surface area (Å²) in [7, 11) is 1.88. The molecular weight excluding hydrogens is 583 g/mol. The highest BCUT2D eigenvalue weighted by Crippen LogP contribution is 2.40. The summed E-state index contributed by atoms with van der Waals surface area (Å²) in [5.41, 5.74) is 4.54. The zero-order valence-corrected chi connectivity index (χ0v) is 24.5. The molecule has 0 aromatic heterocycles. The molecule has 0 saturated carbocycles. The van der Waals surface area contributed by atoms with Gasteiger partial charge in [-0.3, -0.25) is 0 Å². The van der Waals surface area contributed by atoms with Gasteiger partial charge in [0.2, 0.25) is 0 Å². The summed E-state index contributed by atoms with van der Waals surface area (Å²) in [6.07, 6.45) is -0.0873. The molecule has 0 radical (unpaired) electrons. The number of hydrogen-bond donors (Lipinski definition) is 1. The molecule has 2 aromatic carbocycles. The molecule has 11 heteroatoms. The fraction of sp³-hybridized carbons (Fsp3) is 0.548. The van der Waals surface area contributed by atoms with Gasteiger partial charge in [0, 0.05) is 19.0 Å². The monoisotopic (exact) mass is 621 g/mol. The highest BCUT2D eigenvalue weighted by Gasteiger charge is 2.57. The molecule has 2 aromatic rings. The van der Waals surface area contributed by atoms with Crippen LogP contribution in [-0.2, 0) is 17.6 Å². The predicted molar refractivity (Wildman–Crippen MR) is 153 cm³/mol. The van der Waals surface area contributed by atoms with Crippen molar-refractivity contribution in [3.63, 3.8) is 0 Å². The van der Waals surface area contributed by atoms with E-state index in [0.717, 1.165) is 79.8 Å². The third-order valence-corrected chi connectivity index (χ3v) is 8.95. The lowest BCUT2D eigenvalue weighted by molar-refractivity contribution is -0.282. The van der Waals surface area contributed by atoms with Crippen LogP contribution in [0.15, 0.2) is 36.4 Å². The van der Waals surface area contributed by atoms with E-state index in [2.05, 4.69) is 0 Å². The van der Waals surface area contributed by atoms with Crippen LogP contribution in [0.4, 0.5) is 30.7 Å². The maximum absolute atomic E-state index is 14.1. The lowest BCUT2D eigenvalue weighted by Crippen LogP contribution is -2.38. The minimum absolute atomic E-state index is 0.0736. The Hall–Kier alpha value is -2.24. The zero-order chi connectivity index (χ0) is 30.9. The highest BCUT2D eigenvalue weighted by molar-refractivity contribution is 7.91. The maximum atomic E-state index is 14.1. The Morgan fingerprint density at radius 2 is 1.52 bits per heavy atom. The average Bonchev–Trinajstić information content (AvgIpc) is 3.07. The Labute approximate surface area is 246 Å². The number of aromatic hydroxyl groups is 1. The number of rotatable bonds is 15. The number of hydrogen-bond acceptors (Lipinski definition) is 3. The molecule has 234 valence electrons. The van der Waals surface area contributed by atoms with Gasteiger partial charge in [-0.1, -0.05) is 30.1 Å². The van der Waals surface area contributed by atoms with E-state index in [1.807, 2.05) is 18.0 Å². The smallest absolute Gasteiger partial charge is 0.453 e. The highest BCUT2D eigenvalue weighted by atomic mass is 32.2. The molecule has 1 aliphatic rings. The van der Waals surface area contributed by atoms with Crippen LogP contribution >= 0.6 is 0 Å². The Kier molecular flexibility index (Phi) is 12.6. The van der Waals surface area contributed by atoms with Crippen molar-refractivity contribution in [1.82, 2.24) is 4.90 Å². The summed E-state index contributed by atoms with van der Waals surface area (Å²) < 4.78 is 103. The fourth-order valence-corrected chi connectivity index (χ4v) is 6.45. The molecule has 1 unspecified atom stereocenters. The minimum Gasteiger partial charge on any atom is -0.616 e. The van der Waals surface area contributed by atoms with E-state index in [4.69, 9.17) is 0 Å². The lowest BCUT2D eigenvalue weighted by Gasteiger charge is -2.21. The van der Waals surface area contributed by atoms with E-state index in [0.29, 0.717) is 24.9 Å². The standard InChI is InChI=1S/C31H38F7NO2S/c1-39(15-7-16-42(41)17-13-30(34,35)31(36,37)38)14-5-3-2-4-9-29-27(23-18-24(32)21-25(33)19-23)10-6-8-22-20-26(40)11-12-28(22)29/h11-12,18-21,40H,2-10,13-17H2,1H3. The second-order valence-corrected chi connectivity index (χ2v) is 12.6. The van der Waals surface area contributed by atoms with E-state index in [1.54, 1.807) is 12.1 Å². The first-order chi connectivity index (χ1) is 19.8. The first-order valence-electron chi connectivity index (χ1n) is 14.3. The maximum Gasteiger partial charge on any atom is 0.453 e. The molecule has 42 heavy (non-hydrogen) atoms. The van der Waals surface area contributed by atoms with Crippen molar-refractivity contribution in [3.05, 3.63) is 64.7 Å². The molecule has 0 bridgehead atoms. The van der Waals surface area contributed by atoms with Crippen molar-refractivity contribution in [2.75, 3.05) is 31.6 Å². The van der Waals surface area contributed by atoms with Crippen LogP contribution in [0, 0.1) is 11.6 Å². The molecule has 1 atom stereocenters. The molecule has 0 spiro atoms. The summed E-state index contributed by atoms with van der Waals surface area (Å²) in [6.45, 7) is 1.32. The summed E-state index contributed by atoms with van der Waals surface area (Å²) >= 11 is -1.73. The Bertz CT molecular complexity index is 1180. The number of allylic oxidation sites excluding steroid dienone is 2. The van der Waals surface area contributed by atoms with Gasteiger partial charge < -0.3 is 14.6 Å². The number of phenols is 1. The lowest BCUT2D eigenvalue weighted by atomic mass is 9.89. The quantitative estimate of drug-likeness (QED) is 0.123. The van der Waals surface area contributed by atoms with Gasteiger partial charge in [0.25, 0.3) is 0 Å². The van der Waals surface area contributed by atoms with Crippen LogP contribution in [0.2, 0.25) is 0 Å². The molecule has 0 amide bonds. The van der Waals surface area contributed by atoms with Crippen molar-refractivity contribution in [1.29, 1.82) is 0 Å². The van der Waals surface area contributed by atoms with Gasteiger partial charge in [0.05, 0.1) is 6.42 Å². The van der Waals surface area contributed by atoms with Crippen LogP contribution in [0.5, 0.6) is 5.75 Å². The van der Waals surface area contributed by atoms with Crippen molar-refractivity contribution in [2.45, 2.75) is 76.3 Å². The Morgan fingerprint density at radius 3 is 2.21 bits per heavy atom. The third kappa shape index (κ3) is 10.2. The number of halogens is 7. The molecule has 0 fully saturated rings. The predicted octanol–water partition coefficient (Wildman–Crippen LogP) is 8.53. The third-order valence-electron chi connectivity index (χ3n) is 7.55. The van der Waals surface area contributed by atoms with Crippen LogP contribution in [0.1, 0.15) is 74.5 Å². The molecule has 0 aliphatic heterocycles. The molecule has 3 rings (SSSR count). The van der Waals surface area contributed by atoms with Crippen LogP contribution < -0.4 is 0 Å². The van der Waals surface area contributed by atoms with Crippen LogP contribution in [-0.4, -0.2) is 58.3 Å². The van der Waals surface area contributed by atoms with Crippen LogP contribution in [0.25, 0.3) is 11.1 Å². The first-order valence-corrected chi connectivity index (χ1v) is 15.7. The minimum atomic E-state index is -5.62. The average molecular weight is 622 g/mol. The molecule has 1 N–H and O–H groups in total. The second kappa shape index (κ2) is 15.5. The summed E-state index contributed by atoms with van der Waals surface area (Å²) in [5, 5.41) is 10.0. The number of nitrogens with zero attached hydrogens (tertiary/aromatic N) is 1. The normalized spacial score (nSPS) is 15.2. The van der Waals surface area contributed by atoms with E-state index < -0.39 is 47.1 Å². The van der Waals surface area contributed by atoms with Crippen molar-refractivity contribution in [2.24, 2.45) is 0 Å². The van der Waals surface area contributed by atoms with Gasteiger partial charge >= 0.3 is 12.1 Å². The molecule has 0 saturated heterocycles. The fourth-order valence-electron chi connectivity index (χ4n) is 5.31. The molecular formula is C31H38F7NO2S. The van der Waals surface area contributed by atoms with Gasteiger partial charge in [-0.25, -0.2) is 8.78 Å². The molecule has 3 nitrogen and oxygen atoms in total. The van der Waals surface area contributed by atoms with Gasteiger partial charge in [0.1, 0.15) is 28.9 Å². The van der Waals surface area contributed by atoms with Crippen molar-refractivity contribution >= 4 is 22.3 Å². The second-order valence-electron chi connectivity index (χ2n) is 10.9. The number of unbranched alkanes of at least 4 members (excludes halogenated alkanes) is 3. The zero-order valence-electron chi connectivity index (χ0n) is 23.7. The summed E-state index contributed by atoms with van der Waals surface area (Å²) in [5.74, 6) is -6.49. The van der Waals surface area contributed by atoms with Crippen LogP contribution in [0.3, 0.4) is 0 Å². The number of phenolic OH excluding ortho intramolecular Hbond substituents is 1. The van der Waals surface area contributed by atoms with Crippen molar-refractivity contribution < 1.29 is 40.4 Å². The summed E-state index contributed by atoms with van der Waals surface area (Å²) in [4.78, 5) is 2.02. The number of alkyl halides is 5. The van der Waals surface area contributed by atoms with Crippen molar-refractivity contribution in [3.8, 4) is 5.75 Å². The topological polar surface area (TPSA) is 46.5 Å². The van der Waals surface area contributed by atoms with Gasteiger partial charge in [-0.15, -0.1) is 0 Å². The largest absolute Gasteiger partial charge is 0.616 e. The van der Waals surface area contributed by atoms with E-state index in [9.17, 15) is 40.4 Å². The van der Waals surface area contributed by atoms with Gasteiger partial charge in [-0.2, -0.15) is 22.0 Å². The summed E-state index contributed by atoms with van der Waals surface area (Å²) in [6, 6.07) is 8.87. The van der Waals surface area contributed by atoms with E-state index in [-0.39, 0.29) is 11.5 Å². The van der Waals surface area contributed by atoms with Gasteiger partial charge in [0.15, 0.2) is 0 Å². The Balaban J connectivity index is 1.46.